The summed E-state index contributed by atoms with van der Waals surface area (Å²) in [5.41, 5.74) is 1.85. The van der Waals surface area contributed by atoms with E-state index in [-0.39, 0.29) is 5.92 Å². The van der Waals surface area contributed by atoms with Crippen molar-refractivity contribution in [1.82, 2.24) is 0 Å². The fraction of sp³-hybridized carbons (Fsp3) is 0.400. The Labute approximate surface area is 119 Å². The van der Waals surface area contributed by atoms with E-state index in [1.807, 2.05) is 32.9 Å². The summed E-state index contributed by atoms with van der Waals surface area (Å²) in [5, 5.41) is 0.685. The molecule has 0 radical (unpaired) electrons. The minimum Gasteiger partial charge on any atom is -0.474 e. The van der Waals surface area contributed by atoms with E-state index in [2.05, 4.69) is 11.3 Å². The highest BCUT2D eigenvalue weighted by molar-refractivity contribution is 6.31. The number of esters is 1. The van der Waals surface area contributed by atoms with Crippen LogP contribution in [0.3, 0.4) is 0 Å². The molecule has 1 rings (SSSR count). The Balaban J connectivity index is 3.14. The lowest BCUT2D eigenvalue weighted by molar-refractivity contribution is -0.146. The summed E-state index contributed by atoms with van der Waals surface area (Å²) >= 11 is 6.12. The molecule has 0 aromatic heterocycles. The average molecular weight is 283 g/mol. The molecule has 0 amide bonds. The minimum atomic E-state index is -0.817. The molecule has 1 aromatic rings. The molecule has 19 heavy (non-hydrogen) atoms. The number of methoxy groups -OCH3 is 1. The zero-order chi connectivity index (χ0) is 14.6. The van der Waals surface area contributed by atoms with Crippen LogP contribution in [0.15, 0.2) is 24.8 Å². The maximum absolute atomic E-state index is 11.5. The van der Waals surface area contributed by atoms with Crippen molar-refractivity contribution in [2.24, 2.45) is 0 Å². The van der Waals surface area contributed by atoms with Gasteiger partial charge < -0.3 is 9.47 Å². The average Bonchev–Trinajstić information content (AvgIpc) is 2.38. The van der Waals surface area contributed by atoms with Crippen molar-refractivity contribution in [3.8, 4) is 5.75 Å². The lowest BCUT2D eigenvalue weighted by atomic mass is 10.0. The second-order valence-electron chi connectivity index (χ2n) is 4.59. The second kappa shape index (κ2) is 6.62. The Morgan fingerprint density at radius 3 is 2.53 bits per heavy atom. The van der Waals surface area contributed by atoms with Crippen LogP contribution < -0.4 is 4.74 Å². The molecule has 1 aromatic carbocycles. The van der Waals surface area contributed by atoms with Gasteiger partial charge in [-0.3, -0.25) is 0 Å². The van der Waals surface area contributed by atoms with Crippen LogP contribution in [0.25, 0.3) is 0 Å². The van der Waals surface area contributed by atoms with E-state index in [9.17, 15) is 4.79 Å². The quantitative estimate of drug-likeness (QED) is 0.607. The van der Waals surface area contributed by atoms with Gasteiger partial charge in [-0.05, 0) is 42.2 Å². The molecule has 3 nitrogen and oxygen atoms in total. The Kier molecular flexibility index (Phi) is 5.43. The first-order valence-corrected chi connectivity index (χ1v) is 6.45. The van der Waals surface area contributed by atoms with Crippen molar-refractivity contribution in [3.63, 3.8) is 0 Å². The molecule has 0 aliphatic rings. The number of hydrogen-bond donors (Lipinski definition) is 0. The summed E-state index contributed by atoms with van der Waals surface area (Å²) in [4.78, 5) is 11.5. The van der Waals surface area contributed by atoms with Gasteiger partial charge in [-0.15, -0.1) is 0 Å². The molecule has 0 bridgehead atoms. The first-order valence-electron chi connectivity index (χ1n) is 6.07. The van der Waals surface area contributed by atoms with Gasteiger partial charge in [0.25, 0.3) is 0 Å². The van der Waals surface area contributed by atoms with Crippen molar-refractivity contribution in [3.05, 3.63) is 40.9 Å². The molecule has 4 heteroatoms. The van der Waals surface area contributed by atoms with Crippen molar-refractivity contribution >= 4 is 17.6 Å². The smallest absolute Gasteiger partial charge is 0.351 e. The number of halogens is 1. The molecular weight excluding hydrogens is 264 g/mol. The molecule has 0 spiro atoms. The summed E-state index contributed by atoms with van der Waals surface area (Å²) in [6.07, 6.45) is 0.600. The maximum atomic E-state index is 11.5. The molecular formula is C15H19ClO3. The fourth-order valence-corrected chi connectivity index (χ4v) is 1.84. The Morgan fingerprint density at radius 1 is 1.42 bits per heavy atom. The van der Waals surface area contributed by atoms with Gasteiger partial charge in [-0.25, -0.2) is 4.79 Å². The van der Waals surface area contributed by atoms with E-state index in [0.717, 1.165) is 11.1 Å². The highest BCUT2D eigenvalue weighted by Crippen LogP contribution is 2.32. The summed E-state index contributed by atoms with van der Waals surface area (Å²) < 4.78 is 10.4. The molecule has 0 saturated carbocycles. The molecule has 0 fully saturated rings. The lowest BCUT2D eigenvalue weighted by Gasteiger charge is -2.19. The third-order valence-corrected chi connectivity index (χ3v) is 3.22. The van der Waals surface area contributed by atoms with Crippen LogP contribution in [0.2, 0.25) is 5.02 Å². The van der Waals surface area contributed by atoms with E-state index in [4.69, 9.17) is 16.3 Å². The predicted octanol–water partition coefficient (Wildman–Crippen LogP) is 3.88. The lowest BCUT2D eigenvalue weighted by Crippen LogP contribution is -2.26. The van der Waals surface area contributed by atoms with E-state index < -0.39 is 12.1 Å². The highest BCUT2D eigenvalue weighted by atomic mass is 35.5. The largest absolute Gasteiger partial charge is 0.474 e. The summed E-state index contributed by atoms with van der Waals surface area (Å²) in [6, 6.07) is 3.70. The van der Waals surface area contributed by atoms with Crippen molar-refractivity contribution in [2.75, 3.05) is 7.11 Å². The standard InChI is InChI=1S/C15H19ClO3/c1-6-13(15(17)18-5)19-14-7-10(4)12(16)8-11(14)9(2)3/h6-9,13H,1H2,2-5H3. The number of hydrogen-bond acceptors (Lipinski definition) is 3. The van der Waals surface area contributed by atoms with Gasteiger partial charge in [0.2, 0.25) is 6.10 Å². The van der Waals surface area contributed by atoms with Crippen LogP contribution in [0.1, 0.15) is 30.9 Å². The molecule has 0 heterocycles. The van der Waals surface area contributed by atoms with Crippen LogP contribution in [0.5, 0.6) is 5.75 Å². The molecule has 104 valence electrons. The number of carbonyl (C=O) groups excluding carboxylic acids is 1. The van der Waals surface area contributed by atoms with Gasteiger partial charge >= 0.3 is 5.97 Å². The third kappa shape index (κ3) is 3.74. The maximum Gasteiger partial charge on any atom is 0.351 e. The number of aryl methyl sites for hydroxylation is 1. The monoisotopic (exact) mass is 282 g/mol. The van der Waals surface area contributed by atoms with Crippen LogP contribution in [-0.2, 0) is 9.53 Å². The second-order valence-corrected chi connectivity index (χ2v) is 5.00. The minimum absolute atomic E-state index is 0.233. The van der Waals surface area contributed by atoms with E-state index in [1.165, 1.54) is 13.2 Å². The van der Waals surface area contributed by atoms with Crippen molar-refractivity contribution < 1.29 is 14.3 Å². The summed E-state index contributed by atoms with van der Waals surface area (Å²) in [7, 11) is 1.32. The third-order valence-electron chi connectivity index (χ3n) is 2.81. The fourth-order valence-electron chi connectivity index (χ4n) is 1.67. The SMILES string of the molecule is C=CC(Oc1cc(C)c(Cl)cc1C(C)C)C(=O)OC. The molecule has 0 aliphatic heterocycles. The molecule has 0 N–H and O–H groups in total. The first kappa shape index (κ1) is 15.6. The molecule has 1 atom stereocenters. The predicted molar refractivity (Wildman–Crippen MR) is 76.9 cm³/mol. The van der Waals surface area contributed by atoms with Gasteiger partial charge in [-0.2, -0.15) is 0 Å². The van der Waals surface area contributed by atoms with E-state index in [0.29, 0.717) is 10.8 Å². The number of rotatable bonds is 5. The Morgan fingerprint density at radius 2 is 2.05 bits per heavy atom. The van der Waals surface area contributed by atoms with Gasteiger partial charge in [-0.1, -0.05) is 32.0 Å². The Hall–Kier alpha value is -1.48. The zero-order valence-electron chi connectivity index (χ0n) is 11.7. The number of ether oxygens (including phenoxy) is 2. The van der Waals surface area contributed by atoms with Crippen molar-refractivity contribution in [2.45, 2.75) is 32.8 Å². The Bertz CT molecular complexity index is 481. The topological polar surface area (TPSA) is 35.5 Å². The summed E-state index contributed by atoms with van der Waals surface area (Å²) in [6.45, 7) is 9.55. The highest BCUT2D eigenvalue weighted by Gasteiger charge is 2.20. The van der Waals surface area contributed by atoms with Gasteiger partial charge in [0.15, 0.2) is 0 Å². The molecule has 0 aliphatic carbocycles. The van der Waals surface area contributed by atoms with E-state index >= 15 is 0 Å². The number of benzene rings is 1. The van der Waals surface area contributed by atoms with E-state index in [1.54, 1.807) is 0 Å². The number of carbonyl (C=O) groups is 1. The van der Waals surface area contributed by atoms with Crippen LogP contribution in [-0.4, -0.2) is 19.2 Å². The normalized spacial score (nSPS) is 12.1. The molecule has 1 unspecified atom stereocenters. The molecule has 0 saturated heterocycles. The van der Waals surface area contributed by atoms with Crippen molar-refractivity contribution in [1.29, 1.82) is 0 Å². The van der Waals surface area contributed by atoms with Crippen LogP contribution in [0.4, 0.5) is 0 Å². The van der Waals surface area contributed by atoms with Gasteiger partial charge in [0.05, 0.1) is 7.11 Å². The van der Waals surface area contributed by atoms with Gasteiger partial charge in [0, 0.05) is 5.02 Å². The van der Waals surface area contributed by atoms with Crippen LogP contribution in [0, 0.1) is 6.92 Å². The van der Waals surface area contributed by atoms with Crippen LogP contribution >= 0.6 is 11.6 Å². The first-order chi connectivity index (χ1) is 8.90. The summed E-state index contributed by atoms with van der Waals surface area (Å²) in [5.74, 6) is 0.390. The zero-order valence-corrected chi connectivity index (χ0v) is 12.5. The van der Waals surface area contributed by atoms with Gasteiger partial charge in [0.1, 0.15) is 5.75 Å².